The number of hydrogen-bond acceptors (Lipinski definition) is 5. The van der Waals surface area contributed by atoms with Crippen LogP contribution in [0.4, 0.5) is 5.69 Å². The Morgan fingerprint density at radius 1 is 1.12 bits per heavy atom. The minimum Gasteiger partial charge on any atom is -0.497 e. The number of fused-ring (bicyclic) bond motifs is 1. The van der Waals surface area contributed by atoms with E-state index >= 15 is 0 Å². The van der Waals surface area contributed by atoms with Crippen LogP contribution in [-0.2, 0) is 0 Å². The van der Waals surface area contributed by atoms with E-state index in [0.717, 1.165) is 22.9 Å². The van der Waals surface area contributed by atoms with Gasteiger partial charge in [-0.1, -0.05) is 0 Å². The molecule has 0 fully saturated rings. The molecule has 132 valence electrons. The van der Waals surface area contributed by atoms with E-state index in [0.29, 0.717) is 17.5 Å². The van der Waals surface area contributed by atoms with Gasteiger partial charge in [-0.3, -0.25) is 0 Å². The molecule has 6 nitrogen and oxygen atoms in total. The Balaban J connectivity index is 1.45. The van der Waals surface area contributed by atoms with E-state index < -0.39 is 0 Å². The highest BCUT2D eigenvalue weighted by Crippen LogP contribution is 2.34. The molecule has 3 rings (SSSR count). The second-order valence-corrected chi connectivity index (χ2v) is 5.96. The summed E-state index contributed by atoms with van der Waals surface area (Å²) in [6.45, 7) is 2.73. The Hall–Kier alpha value is -2.67. The van der Waals surface area contributed by atoms with Crippen LogP contribution in [0.1, 0.15) is 6.92 Å². The van der Waals surface area contributed by atoms with E-state index in [1.165, 1.54) is 0 Å². The van der Waals surface area contributed by atoms with E-state index in [9.17, 15) is 0 Å². The van der Waals surface area contributed by atoms with Crippen molar-refractivity contribution in [2.24, 2.45) is 0 Å². The van der Waals surface area contributed by atoms with Crippen molar-refractivity contribution in [3.05, 3.63) is 42.5 Å². The second-order valence-electron chi connectivity index (χ2n) is 5.55. The molecule has 0 saturated heterocycles. The zero-order valence-electron chi connectivity index (χ0n) is 14.1. The lowest BCUT2D eigenvalue weighted by atomic mass is 10.3. The van der Waals surface area contributed by atoms with Gasteiger partial charge in [0.2, 0.25) is 6.79 Å². The van der Waals surface area contributed by atoms with E-state index in [-0.39, 0.29) is 12.8 Å². The predicted octanol–water partition coefficient (Wildman–Crippen LogP) is 3.18. The van der Waals surface area contributed by atoms with E-state index in [4.69, 9.17) is 31.2 Å². The molecular formula is C18H20N2O4S. The highest BCUT2D eigenvalue weighted by atomic mass is 32.1. The summed E-state index contributed by atoms with van der Waals surface area (Å²) < 4.78 is 21.5. The van der Waals surface area contributed by atoms with Crippen molar-refractivity contribution in [2.75, 3.05) is 25.8 Å². The van der Waals surface area contributed by atoms with Crippen molar-refractivity contribution >= 4 is 23.0 Å². The van der Waals surface area contributed by atoms with Crippen molar-refractivity contribution in [1.82, 2.24) is 5.32 Å². The molecule has 0 saturated carbocycles. The average Bonchev–Trinajstić information content (AvgIpc) is 3.08. The summed E-state index contributed by atoms with van der Waals surface area (Å²) >= 11 is 5.34. The molecule has 1 atom stereocenters. The maximum absolute atomic E-state index is 5.74. The van der Waals surface area contributed by atoms with Crippen molar-refractivity contribution in [2.45, 2.75) is 13.0 Å². The van der Waals surface area contributed by atoms with Crippen molar-refractivity contribution in [3.63, 3.8) is 0 Å². The van der Waals surface area contributed by atoms with Crippen molar-refractivity contribution in [3.8, 4) is 23.0 Å². The number of benzene rings is 2. The van der Waals surface area contributed by atoms with Crippen LogP contribution in [-0.4, -0.2) is 31.7 Å². The first kappa shape index (κ1) is 17.2. The smallest absolute Gasteiger partial charge is 0.231 e. The summed E-state index contributed by atoms with van der Waals surface area (Å²) in [4.78, 5) is 0. The van der Waals surface area contributed by atoms with Gasteiger partial charge in [-0.25, -0.2) is 0 Å². The number of nitrogens with one attached hydrogen (secondary N) is 2. The summed E-state index contributed by atoms with van der Waals surface area (Å²) in [5.74, 6) is 3.03. The van der Waals surface area contributed by atoms with Gasteiger partial charge in [0.05, 0.1) is 13.2 Å². The van der Waals surface area contributed by atoms with Crippen LogP contribution < -0.4 is 29.6 Å². The number of rotatable bonds is 6. The van der Waals surface area contributed by atoms with Gasteiger partial charge < -0.3 is 29.6 Å². The molecule has 0 unspecified atom stereocenters. The number of thiocarbonyl (C=S) groups is 1. The minimum atomic E-state index is 0.0381. The Bertz CT molecular complexity index is 736. The Morgan fingerprint density at radius 2 is 1.84 bits per heavy atom. The Morgan fingerprint density at radius 3 is 2.60 bits per heavy atom. The lowest BCUT2D eigenvalue weighted by Crippen LogP contribution is -2.39. The molecule has 0 aliphatic carbocycles. The molecule has 0 bridgehead atoms. The Kier molecular flexibility index (Phi) is 5.45. The quantitative estimate of drug-likeness (QED) is 0.767. The molecule has 1 heterocycles. The van der Waals surface area contributed by atoms with Crippen LogP contribution >= 0.6 is 12.2 Å². The van der Waals surface area contributed by atoms with Gasteiger partial charge in [0.25, 0.3) is 0 Å². The zero-order valence-corrected chi connectivity index (χ0v) is 14.9. The molecule has 1 aliphatic rings. The van der Waals surface area contributed by atoms with Gasteiger partial charge in [-0.2, -0.15) is 0 Å². The highest BCUT2D eigenvalue weighted by Gasteiger charge is 2.14. The highest BCUT2D eigenvalue weighted by molar-refractivity contribution is 7.80. The van der Waals surface area contributed by atoms with Crippen LogP contribution in [0.25, 0.3) is 0 Å². The maximum Gasteiger partial charge on any atom is 0.231 e. The van der Waals surface area contributed by atoms with E-state index in [1.54, 1.807) is 7.11 Å². The monoisotopic (exact) mass is 360 g/mol. The first-order valence-electron chi connectivity index (χ1n) is 7.88. The molecule has 2 aromatic carbocycles. The first-order valence-corrected chi connectivity index (χ1v) is 8.29. The number of methoxy groups -OCH3 is 1. The summed E-state index contributed by atoms with van der Waals surface area (Å²) in [5, 5.41) is 6.83. The zero-order chi connectivity index (χ0) is 17.6. The van der Waals surface area contributed by atoms with Gasteiger partial charge >= 0.3 is 0 Å². The van der Waals surface area contributed by atoms with E-state index in [2.05, 4.69) is 10.6 Å². The Labute approximate surface area is 152 Å². The minimum absolute atomic E-state index is 0.0381. The van der Waals surface area contributed by atoms with Crippen LogP contribution in [0.5, 0.6) is 23.0 Å². The summed E-state index contributed by atoms with van der Waals surface area (Å²) in [7, 11) is 1.63. The molecular weight excluding hydrogens is 340 g/mol. The molecule has 25 heavy (non-hydrogen) atoms. The van der Waals surface area contributed by atoms with Gasteiger partial charge in [0.15, 0.2) is 16.6 Å². The lowest BCUT2D eigenvalue weighted by molar-refractivity contribution is 0.174. The fourth-order valence-electron chi connectivity index (χ4n) is 2.30. The summed E-state index contributed by atoms with van der Waals surface area (Å²) in [5.41, 5.74) is 0.838. The molecule has 1 aliphatic heterocycles. The molecule has 2 aromatic rings. The third-order valence-corrected chi connectivity index (χ3v) is 3.79. The topological polar surface area (TPSA) is 61.0 Å². The molecule has 0 radical (unpaired) electrons. The molecule has 7 heteroatoms. The molecule has 0 spiro atoms. The van der Waals surface area contributed by atoms with Gasteiger partial charge in [0, 0.05) is 11.8 Å². The molecule has 2 N–H and O–H groups in total. The fourth-order valence-corrected chi connectivity index (χ4v) is 2.62. The summed E-state index contributed by atoms with van der Waals surface area (Å²) in [6, 6.07) is 13.1. The van der Waals surface area contributed by atoms with Gasteiger partial charge in [-0.15, -0.1) is 0 Å². The van der Waals surface area contributed by atoms with Crippen LogP contribution in [0.15, 0.2) is 42.5 Å². The standard InChI is InChI=1S/C18H20N2O4S/c1-12(10-22-15-6-4-14(21-2)5-7-15)19-18(25)20-13-3-8-16-17(9-13)24-11-23-16/h3-9,12H,10-11H2,1-2H3,(H2,19,20,25)/t12-/m0/s1. The van der Waals surface area contributed by atoms with Crippen LogP contribution in [0.2, 0.25) is 0 Å². The molecule has 0 aromatic heterocycles. The predicted molar refractivity (Wildman–Crippen MR) is 99.9 cm³/mol. The van der Waals surface area contributed by atoms with Crippen molar-refractivity contribution in [1.29, 1.82) is 0 Å². The normalized spacial score (nSPS) is 13.0. The van der Waals surface area contributed by atoms with E-state index in [1.807, 2.05) is 49.4 Å². The largest absolute Gasteiger partial charge is 0.497 e. The van der Waals surface area contributed by atoms with Gasteiger partial charge in [-0.05, 0) is 55.5 Å². The SMILES string of the molecule is COc1ccc(OC[C@H](C)NC(=S)Nc2ccc3c(c2)OCO3)cc1. The van der Waals surface area contributed by atoms with Crippen LogP contribution in [0.3, 0.4) is 0 Å². The van der Waals surface area contributed by atoms with Crippen molar-refractivity contribution < 1.29 is 18.9 Å². The van der Waals surface area contributed by atoms with Gasteiger partial charge in [0.1, 0.15) is 18.1 Å². The average molecular weight is 360 g/mol. The lowest BCUT2D eigenvalue weighted by Gasteiger charge is -2.18. The number of anilines is 1. The number of hydrogen-bond donors (Lipinski definition) is 2. The third-order valence-electron chi connectivity index (χ3n) is 3.57. The fraction of sp³-hybridized carbons (Fsp3) is 0.278. The second kappa shape index (κ2) is 7.94. The number of ether oxygens (including phenoxy) is 4. The maximum atomic E-state index is 5.74. The first-order chi connectivity index (χ1) is 12.1. The third kappa shape index (κ3) is 4.67. The summed E-state index contributed by atoms with van der Waals surface area (Å²) in [6.07, 6.45) is 0. The van der Waals surface area contributed by atoms with Crippen LogP contribution in [0, 0.1) is 0 Å². The molecule has 0 amide bonds.